The lowest BCUT2D eigenvalue weighted by Gasteiger charge is -2.07. The van der Waals surface area contributed by atoms with Gasteiger partial charge in [0.05, 0.1) is 4.91 Å². The third-order valence-electron chi connectivity index (χ3n) is 3.48. The zero-order chi connectivity index (χ0) is 17.1. The highest BCUT2D eigenvalue weighted by Gasteiger charge is 2.31. The molecule has 1 aliphatic heterocycles. The van der Waals surface area contributed by atoms with Gasteiger partial charge in [0, 0.05) is 10.6 Å². The largest absolute Gasteiger partial charge is 0.489 e. The first-order valence-electron chi connectivity index (χ1n) is 7.22. The van der Waals surface area contributed by atoms with Gasteiger partial charge in [0.25, 0.3) is 11.1 Å². The zero-order valence-electron chi connectivity index (χ0n) is 12.9. The Morgan fingerprint density at radius 1 is 1.08 bits per heavy atom. The van der Waals surface area contributed by atoms with E-state index >= 15 is 0 Å². The normalized spacial score (nSPS) is 16.1. The zero-order valence-corrected chi connectivity index (χ0v) is 15.8. The molecule has 6 heteroatoms. The smallest absolute Gasteiger partial charge is 0.293 e. The van der Waals surface area contributed by atoms with E-state index in [-0.39, 0.29) is 11.1 Å². The van der Waals surface area contributed by atoms with Gasteiger partial charge in [0.15, 0.2) is 0 Å². The monoisotopic (exact) mass is 451 g/mol. The van der Waals surface area contributed by atoms with Crippen molar-refractivity contribution in [3.8, 4) is 5.75 Å². The predicted molar refractivity (Wildman–Crippen MR) is 104 cm³/mol. The van der Waals surface area contributed by atoms with Crippen molar-refractivity contribution in [3.05, 3.63) is 68.1 Å². The Balaban J connectivity index is 1.64. The molecule has 0 aromatic heterocycles. The summed E-state index contributed by atoms with van der Waals surface area (Å²) >= 11 is 3.22. The Hall–Kier alpha value is -1.80. The highest BCUT2D eigenvalue weighted by Crippen LogP contribution is 2.31. The third-order valence-corrected chi connectivity index (χ3v) is 5.16. The lowest BCUT2D eigenvalue weighted by molar-refractivity contribution is -0.121. The number of hydrogen-bond acceptors (Lipinski definition) is 4. The van der Waals surface area contributed by atoms with Crippen LogP contribution in [0.2, 0.25) is 0 Å². The molecule has 0 aliphatic carbocycles. The fraction of sp³-hybridized carbons (Fsp3) is 0.111. The topological polar surface area (TPSA) is 46.6 Å². The molecule has 2 aromatic rings. The minimum atomic E-state index is -0.260. The van der Waals surface area contributed by atoms with Crippen LogP contribution in [0.5, 0.6) is 5.75 Å². The number of benzene rings is 2. The summed E-state index contributed by atoms with van der Waals surface area (Å²) in [5.41, 5.74) is 1.96. The quantitative estimate of drug-likeness (QED) is 0.506. The summed E-state index contributed by atoms with van der Waals surface area (Å²) in [6.07, 6.45) is 1.72. The molecule has 3 rings (SSSR count). The molecule has 0 N–H and O–H groups in total. The molecule has 0 saturated carbocycles. The van der Waals surface area contributed by atoms with Gasteiger partial charge in [0.2, 0.25) is 0 Å². The van der Waals surface area contributed by atoms with Gasteiger partial charge in [-0.1, -0.05) is 24.3 Å². The van der Waals surface area contributed by atoms with E-state index in [9.17, 15) is 9.59 Å². The van der Waals surface area contributed by atoms with Gasteiger partial charge in [-0.2, -0.15) is 0 Å². The Kier molecular flexibility index (Phi) is 5.25. The first-order valence-corrected chi connectivity index (χ1v) is 9.11. The van der Waals surface area contributed by atoms with Crippen LogP contribution in [0.15, 0.2) is 53.4 Å². The summed E-state index contributed by atoms with van der Waals surface area (Å²) in [6, 6.07) is 15.6. The summed E-state index contributed by atoms with van der Waals surface area (Å²) in [6.45, 7) is 0.505. The average Bonchev–Trinajstić information content (AvgIpc) is 2.83. The first kappa shape index (κ1) is 17.0. The van der Waals surface area contributed by atoms with Crippen LogP contribution in [-0.2, 0) is 11.4 Å². The van der Waals surface area contributed by atoms with E-state index in [1.54, 1.807) is 6.08 Å². The molecular weight excluding hydrogens is 437 g/mol. The summed E-state index contributed by atoms with van der Waals surface area (Å²) < 4.78 is 6.95. The molecule has 1 aliphatic rings. The molecule has 2 aromatic carbocycles. The van der Waals surface area contributed by atoms with Crippen molar-refractivity contribution >= 4 is 51.6 Å². The van der Waals surface area contributed by atoms with Gasteiger partial charge in [0.1, 0.15) is 12.4 Å². The Morgan fingerprint density at radius 3 is 2.33 bits per heavy atom. The van der Waals surface area contributed by atoms with E-state index in [1.807, 2.05) is 48.5 Å². The van der Waals surface area contributed by atoms with Gasteiger partial charge in [-0.25, -0.2) is 0 Å². The van der Waals surface area contributed by atoms with Crippen LogP contribution in [0.4, 0.5) is 4.79 Å². The molecule has 0 atom stereocenters. The maximum Gasteiger partial charge on any atom is 0.293 e. The SMILES string of the molecule is CN1C(=O)S/C(=C/c2ccc(OCc3ccc(I)cc3)cc2)C1=O. The Bertz CT molecular complexity index is 800. The van der Waals surface area contributed by atoms with E-state index in [2.05, 4.69) is 22.6 Å². The van der Waals surface area contributed by atoms with Gasteiger partial charge in [-0.15, -0.1) is 0 Å². The van der Waals surface area contributed by atoms with Crippen LogP contribution >= 0.6 is 34.4 Å². The van der Waals surface area contributed by atoms with E-state index in [0.29, 0.717) is 11.5 Å². The number of carbonyl (C=O) groups is 2. The van der Waals surface area contributed by atoms with Crippen LogP contribution in [0, 0.1) is 3.57 Å². The number of thioether (sulfide) groups is 1. The Labute approximate surface area is 158 Å². The van der Waals surface area contributed by atoms with Crippen LogP contribution in [0.25, 0.3) is 6.08 Å². The molecule has 1 saturated heterocycles. The molecule has 1 fully saturated rings. The van der Waals surface area contributed by atoms with Crippen molar-refractivity contribution in [2.24, 2.45) is 0 Å². The molecule has 0 spiro atoms. The number of ether oxygens (including phenoxy) is 1. The van der Waals surface area contributed by atoms with Crippen LogP contribution in [-0.4, -0.2) is 23.1 Å². The van der Waals surface area contributed by atoms with Crippen molar-refractivity contribution < 1.29 is 14.3 Å². The van der Waals surface area contributed by atoms with E-state index in [0.717, 1.165) is 33.5 Å². The molecule has 122 valence electrons. The standard InChI is InChI=1S/C18H14INO3S/c1-20-17(21)16(24-18(20)22)10-12-4-8-15(9-5-12)23-11-13-2-6-14(19)7-3-13/h2-10H,11H2,1H3/b16-10+. The molecule has 0 radical (unpaired) electrons. The van der Waals surface area contributed by atoms with Crippen molar-refractivity contribution in [2.45, 2.75) is 6.61 Å². The lowest BCUT2D eigenvalue weighted by atomic mass is 10.2. The third kappa shape index (κ3) is 3.99. The number of nitrogens with zero attached hydrogens (tertiary/aromatic N) is 1. The highest BCUT2D eigenvalue weighted by molar-refractivity contribution is 14.1. The van der Waals surface area contributed by atoms with Gasteiger partial charge < -0.3 is 4.74 Å². The van der Waals surface area contributed by atoms with E-state index in [4.69, 9.17) is 4.74 Å². The number of amides is 2. The molecule has 4 nitrogen and oxygen atoms in total. The fourth-order valence-corrected chi connectivity index (χ4v) is 3.29. The van der Waals surface area contributed by atoms with E-state index in [1.165, 1.54) is 10.6 Å². The second-order valence-corrected chi connectivity index (χ2v) is 7.46. The van der Waals surface area contributed by atoms with Crippen molar-refractivity contribution in [1.29, 1.82) is 0 Å². The number of hydrogen-bond donors (Lipinski definition) is 0. The number of imide groups is 1. The molecule has 1 heterocycles. The fourth-order valence-electron chi connectivity index (χ4n) is 2.10. The summed E-state index contributed by atoms with van der Waals surface area (Å²) in [5.74, 6) is 0.498. The maximum absolute atomic E-state index is 11.9. The minimum Gasteiger partial charge on any atom is -0.489 e. The van der Waals surface area contributed by atoms with Crippen LogP contribution in [0.3, 0.4) is 0 Å². The molecule has 24 heavy (non-hydrogen) atoms. The van der Waals surface area contributed by atoms with Crippen molar-refractivity contribution in [2.75, 3.05) is 7.05 Å². The summed E-state index contributed by atoms with van der Waals surface area (Å²) in [5, 5.41) is -0.247. The second kappa shape index (κ2) is 7.40. The van der Waals surface area contributed by atoms with Gasteiger partial charge in [-0.3, -0.25) is 14.5 Å². The molecule has 0 unspecified atom stereocenters. The first-order chi connectivity index (χ1) is 11.5. The average molecular weight is 451 g/mol. The number of halogens is 1. The number of likely N-dealkylation sites (N-methyl/N-ethyl adjacent to an activating group) is 1. The number of rotatable bonds is 4. The van der Waals surface area contributed by atoms with Crippen LogP contribution in [0.1, 0.15) is 11.1 Å². The van der Waals surface area contributed by atoms with Gasteiger partial charge >= 0.3 is 0 Å². The molecule has 0 bridgehead atoms. The van der Waals surface area contributed by atoms with Crippen LogP contribution < -0.4 is 4.74 Å². The predicted octanol–water partition coefficient (Wildman–Crippen LogP) is 4.54. The molecular formula is C18H14INO3S. The molecule has 2 amide bonds. The lowest BCUT2D eigenvalue weighted by Crippen LogP contribution is -2.22. The highest BCUT2D eigenvalue weighted by atomic mass is 127. The van der Waals surface area contributed by atoms with E-state index < -0.39 is 0 Å². The van der Waals surface area contributed by atoms with Crippen molar-refractivity contribution in [1.82, 2.24) is 4.90 Å². The Morgan fingerprint density at radius 2 is 1.75 bits per heavy atom. The van der Waals surface area contributed by atoms with Crippen molar-refractivity contribution in [3.63, 3.8) is 0 Å². The summed E-state index contributed by atoms with van der Waals surface area (Å²) in [4.78, 5) is 24.9. The summed E-state index contributed by atoms with van der Waals surface area (Å²) in [7, 11) is 1.49. The van der Waals surface area contributed by atoms with Gasteiger partial charge in [-0.05, 0) is 75.8 Å². The minimum absolute atomic E-state index is 0.247. The second-order valence-electron chi connectivity index (χ2n) is 5.22. The number of carbonyl (C=O) groups excluding carboxylic acids is 2. The maximum atomic E-state index is 11.9.